The number of carbonyl (C=O) groups excluding carboxylic acids is 1. The molecule has 2 aromatic rings. The number of hydrogen-bond acceptors (Lipinski definition) is 6. The summed E-state index contributed by atoms with van der Waals surface area (Å²) in [5.41, 5.74) is 7.93. The monoisotopic (exact) mass is 365 g/mol. The van der Waals surface area contributed by atoms with E-state index in [-0.39, 0.29) is 5.78 Å². The number of para-hydroxylation sites is 1. The number of ketones is 1. The van der Waals surface area contributed by atoms with E-state index in [9.17, 15) is 4.79 Å². The molecule has 1 aromatic heterocycles. The van der Waals surface area contributed by atoms with Gasteiger partial charge in [-0.25, -0.2) is 4.98 Å². The summed E-state index contributed by atoms with van der Waals surface area (Å²) in [5.74, 6) is 2.01. The second-order valence-electron chi connectivity index (χ2n) is 7.24. The van der Waals surface area contributed by atoms with Crippen LogP contribution in [-0.2, 0) is 4.79 Å². The lowest BCUT2D eigenvalue weighted by atomic mass is 9.83. The molecule has 1 aliphatic carbocycles. The van der Waals surface area contributed by atoms with Crippen LogP contribution >= 0.6 is 0 Å². The third-order valence-corrected chi connectivity index (χ3v) is 4.93. The van der Waals surface area contributed by atoms with Crippen LogP contribution in [0, 0.1) is 5.92 Å². The molecule has 0 amide bonds. The number of nitrogens with one attached hydrogen (secondary N) is 2. The molecule has 0 radical (unpaired) electrons. The van der Waals surface area contributed by atoms with E-state index < -0.39 is 0 Å². The number of anilines is 3. The average molecular weight is 365 g/mol. The van der Waals surface area contributed by atoms with E-state index in [4.69, 9.17) is 5.73 Å². The lowest BCUT2D eigenvalue weighted by molar-refractivity contribution is -0.118. The summed E-state index contributed by atoms with van der Waals surface area (Å²) >= 11 is 0. The third-order valence-electron chi connectivity index (χ3n) is 4.93. The van der Waals surface area contributed by atoms with E-state index in [0.29, 0.717) is 41.4 Å². The number of nitrogens with two attached hydrogens (primary N) is 1. The van der Waals surface area contributed by atoms with E-state index in [1.54, 1.807) is 13.1 Å². The number of Topliss-reactive ketones (excluding diaryl/α,β-unsaturated/α-hetero) is 1. The molecule has 3 rings (SSSR count). The summed E-state index contributed by atoms with van der Waals surface area (Å²) in [7, 11) is 0. The minimum atomic E-state index is 0.281. The third kappa shape index (κ3) is 5.29. The van der Waals surface area contributed by atoms with Gasteiger partial charge in [-0.15, -0.1) is 0 Å². The summed E-state index contributed by atoms with van der Waals surface area (Å²) in [6.07, 6.45) is 6.56. The molecule has 1 aromatic carbocycles. The smallest absolute Gasteiger partial charge is 0.224 e. The maximum atomic E-state index is 11.3. The van der Waals surface area contributed by atoms with Crippen molar-refractivity contribution in [3.8, 4) is 0 Å². The number of hydrogen-bond donors (Lipinski definition) is 3. The lowest BCUT2D eigenvalue weighted by Gasteiger charge is -2.28. The van der Waals surface area contributed by atoms with Gasteiger partial charge < -0.3 is 21.2 Å². The van der Waals surface area contributed by atoms with Crippen molar-refractivity contribution >= 4 is 28.9 Å². The molecule has 142 valence electrons. The molecule has 1 heterocycles. The Hall–Kier alpha value is -2.89. The zero-order chi connectivity index (χ0) is 19.2. The number of nitrogens with zero attached hydrogens (tertiary/aromatic N) is 2. The second kappa shape index (κ2) is 8.66. The van der Waals surface area contributed by atoms with Gasteiger partial charge in [-0.05, 0) is 50.7 Å². The first-order valence-electron chi connectivity index (χ1n) is 9.41. The molecule has 1 fully saturated rings. The number of benzene rings is 1. The van der Waals surface area contributed by atoms with Crippen molar-refractivity contribution in [3.05, 3.63) is 48.7 Å². The van der Waals surface area contributed by atoms with Crippen molar-refractivity contribution in [2.45, 2.75) is 45.1 Å². The average Bonchev–Trinajstić information content (AvgIpc) is 2.64. The Balaban J connectivity index is 1.69. The summed E-state index contributed by atoms with van der Waals surface area (Å²) in [4.78, 5) is 20.3. The van der Waals surface area contributed by atoms with Crippen LogP contribution in [-0.4, -0.2) is 21.8 Å². The minimum absolute atomic E-state index is 0.281. The normalized spacial score (nSPS) is 19.3. The number of carbonyl (C=O) groups is 1. The van der Waals surface area contributed by atoms with Crippen LogP contribution in [0.2, 0.25) is 0 Å². The molecule has 0 spiro atoms. The van der Waals surface area contributed by atoms with Crippen molar-refractivity contribution in [2.24, 2.45) is 11.7 Å². The van der Waals surface area contributed by atoms with Gasteiger partial charge in [0.25, 0.3) is 0 Å². The fourth-order valence-electron chi connectivity index (χ4n) is 3.54. The number of rotatable bonds is 7. The van der Waals surface area contributed by atoms with Crippen molar-refractivity contribution in [2.75, 3.05) is 10.6 Å². The molecule has 0 aliphatic heterocycles. The Morgan fingerprint density at radius 3 is 2.56 bits per heavy atom. The molecule has 6 heteroatoms. The fraction of sp³-hybridized carbons (Fsp3) is 0.381. The standard InChI is InChI=1S/C21H27N5O/c1-14(27)12-16-8-10-18(11-9-16)25-21-23-13-19(15(2)22)20(26-21)24-17-6-4-3-5-7-17/h3-7,13,16,18H,2,8-12,22H2,1H3,(H2,23,24,25,26). The maximum Gasteiger partial charge on any atom is 0.224 e. The summed E-state index contributed by atoms with van der Waals surface area (Å²) in [6.45, 7) is 5.49. The van der Waals surface area contributed by atoms with Gasteiger partial charge in [0.1, 0.15) is 11.6 Å². The van der Waals surface area contributed by atoms with Crippen LogP contribution in [0.5, 0.6) is 0 Å². The van der Waals surface area contributed by atoms with Gasteiger partial charge in [0, 0.05) is 30.0 Å². The molecule has 1 aliphatic rings. The van der Waals surface area contributed by atoms with Crippen molar-refractivity contribution in [3.63, 3.8) is 0 Å². The van der Waals surface area contributed by atoms with Crippen molar-refractivity contribution in [1.29, 1.82) is 0 Å². The molecule has 6 nitrogen and oxygen atoms in total. The predicted octanol–water partition coefficient (Wildman–Crippen LogP) is 4.10. The van der Waals surface area contributed by atoms with Gasteiger partial charge in [0.05, 0.1) is 5.56 Å². The molecular formula is C21H27N5O. The SMILES string of the molecule is C=C(N)c1cnc(NC2CCC(CC(C)=O)CC2)nc1Nc1ccccc1. The molecule has 27 heavy (non-hydrogen) atoms. The van der Waals surface area contributed by atoms with E-state index in [0.717, 1.165) is 31.4 Å². The van der Waals surface area contributed by atoms with Crippen LogP contribution in [0.1, 0.15) is 44.6 Å². The number of aromatic nitrogens is 2. The van der Waals surface area contributed by atoms with Crippen molar-refractivity contribution < 1.29 is 4.79 Å². The quantitative estimate of drug-likeness (QED) is 0.684. The first kappa shape index (κ1) is 18.9. The highest BCUT2D eigenvalue weighted by Gasteiger charge is 2.23. The largest absolute Gasteiger partial charge is 0.399 e. The molecule has 0 saturated heterocycles. The molecule has 0 atom stereocenters. The van der Waals surface area contributed by atoms with Gasteiger partial charge in [-0.3, -0.25) is 0 Å². The summed E-state index contributed by atoms with van der Waals surface area (Å²) < 4.78 is 0. The minimum Gasteiger partial charge on any atom is -0.399 e. The highest BCUT2D eigenvalue weighted by atomic mass is 16.1. The molecule has 0 unspecified atom stereocenters. The second-order valence-corrected chi connectivity index (χ2v) is 7.24. The van der Waals surface area contributed by atoms with Gasteiger partial charge >= 0.3 is 0 Å². The first-order chi connectivity index (χ1) is 13.0. The lowest BCUT2D eigenvalue weighted by Crippen LogP contribution is -2.27. The Bertz CT molecular complexity index is 797. The highest BCUT2D eigenvalue weighted by molar-refractivity contribution is 5.75. The van der Waals surface area contributed by atoms with Gasteiger partial charge in [0.2, 0.25) is 5.95 Å². The van der Waals surface area contributed by atoms with Crippen LogP contribution in [0.3, 0.4) is 0 Å². The molecule has 1 saturated carbocycles. The zero-order valence-electron chi connectivity index (χ0n) is 15.7. The molecule has 4 N–H and O–H groups in total. The maximum absolute atomic E-state index is 11.3. The first-order valence-corrected chi connectivity index (χ1v) is 9.41. The Labute approximate surface area is 160 Å². The van der Waals surface area contributed by atoms with Crippen LogP contribution in [0.4, 0.5) is 17.5 Å². The Morgan fingerprint density at radius 1 is 1.22 bits per heavy atom. The summed E-state index contributed by atoms with van der Waals surface area (Å²) in [5, 5.41) is 6.72. The Kier molecular flexibility index (Phi) is 6.06. The van der Waals surface area contributed by atoms with E-state index in [1.807, 2.05) is 30.3 Å². The summed E-state index contributed by atoms with van der Waals surface area (Å²) in [6, 6.07) is 10.1. The van der Waals surface area contributed by atoms with Crippen molar-refractivity contribution in [1.82, 2.24) is 9.97 Å². The van der Waals surface area contributed by atoms with Crippen LogP contribution in [0.25, 0.3) is 5.70 Å². The molecular weight excluding hydrogens is 338 g/mol. The van der Waals surface area contributed by atoms with Gasteiger partial charge in [-0.1, -0.05) is 24.8 Å². The predicted molar refractivity (Wildman–Crippen MR) is 110 cm³/mol. The zero-order valence-corrected chi connectivity index (χ0v) is 15.7. The highest BCUT2D eigenvalue weighted by Crippen LogP contribution is 2.29. The topological polar surface area (TPSA) is 92.9 Å². The van der Waals surface area contributed by atoms with E-state index in [1.165, 1.54) is 0 Å². The Morgan fingerprint density at radius 2 is 1.93 bits per heavy atom. The van der Waals surface area contributed by atoms with Gasteiger partial charge in [0.15, 0.2) is 0 Å². The fourth-order valence-corrected chi connectivity index (χ4v) is 3.54. The van der Waals surface area contributed by atoms with E-state index in [2.05, 4.69) is 27.2 Å². The van der Waals surface area contributed by atoms with Crippen LogP contribution < -0.4 is 16.4 Å². The van der Waals surface area contributed by atoms with E-state index >= 15 is 0 Å². The molecule has 0 bridgehead atoms. The van der Waals surface area contributed by atoms with Crippen LogP contribution in [0.15, 0.2) is 43.1 Å². The van der Waals surface area contributed by atoms with Gasteiger partial charge in [-0.2, -0.15) is 4.98 Å².